The van der Waals surface area contributed by atoms with E-state index in [-0.39, 0.29) is 33.7 Å². The van der Waals surface area contributed by atoms with Crippen molar-refractivity contribution >= 4 is 15.7 Å². The van der Waals surface area contributed by atoms with Gasteiger partial charge in [-0.05, 0) is 57.5 Å². The van der Waals surface area contributed by atoms with Crippen molar-refractivity contribution in [3.8, 4) is 11.8 Å². The second-order valence-electron chi connectivity index (χ2n) is 10.5. The third-order valence-corrected chi connectivity index (χ3v) is 8.34. The highest BCUT2D eigenvalue weighted by Crippen LogP contribution is 2.39. The Morgan fingerprint density at radius 3 is 2.35 bits per heavy atom. The van der Waals surface area contributed by atoms with Gasteiger partial charge in [-0.25, -0.2) is 18.1 Å². The van der Waals surface area contributed by atoms with Crippen molar-refractivity contribution < 1.29 is 35.9 Å². The smallest absolute Gasteiger partial charge is 0.420 e. The maximum absolute atomic E-state index is 13.6. The predicted octanol–water partition coefficient (Wildman–Crippen LogP) is 5.06. The number of alkyl halides is 3. The first kappa shape index (κ1) is 29.5. The topological polar surface area (TPSA) is 112 Å². The van der Waals surface area contributed by atoms with Crippen LogP contribution in [0.2, 0.25) is 0 Å². The van der Waals surface area contributed by atoms with E-state index < -0.39 is 44.9 Å². The number of aromatic nitrogens is 3. The number of sulfone groups is 1. The largest absolute Gasteiger partial charge is 0.421 e. The quantitative estimate of drug-likeness (QED) is 0.396. The molecule has 9 nitrogen and oxygen atoms in total. The zero-order chi connectivity index (χ0) is 29.5. The Morgan fingerprint density at radius 1 is 1.18 bits per heavy atom. The number of rotatable bonds is 8. The molecule has 1 aliphatic heterocycles. The number of ether oxygens (including phenoxy) is 2. The van der Waals surface area contributed by atoms with Gasteiger partial charge in [-0.1, -0.05) is 19.1 Å². The minimum atomic E-state index is -4.70. The molecule has 1 saturated heterocycles. The summed E-state index contributed by atoms with van der Waals surface area (Å²) < 4.78 is 77.6. The molecule has 3 heterocycles. The zero-order valence-electron chi connectivity index (χ0n) is 22.7. The average molecular weight is 581 g/mol. The van der Waals surface area contributed by atoms with E-state index in [1.54, 1.807) is 46.8 Å². The molecule has 4 rings (SSSR count). The molecule has 40 heavy (non-hydrogen) atoms. The molecular weight excluding hydrogens is 549 g/mol. The summed E-state index contributed by atoms with van der Waals surface area (Å²) in [5.74, 6) is -1.36. The van der Waals surface area contributed by atoms with Crippen LogP contribution in [0.1, 0.15) is 60.9 Å². The number of pyridine rings is 1. The molecule has 0 radical (unpaired) electrons. The predicted molar refractivity (Wildman–Crippen MR) is 140 cm³/mol. The summed E-state index contributed by atoms with van der Waals surface area (Å²) in [6.45, 7) is 9.22. The van der Waals surface area contributed by atoms with Gasteiger partial charge in [0.15, 0.2) is 15.5 Å². The lowest BCUT2D eigenvalue weighted by Gasteiger charge is -2.34. The van der Waals surface area contributed by atoms with Crippen LogP contribution >= 0.6 is 0 Å². The van der Waals surface area contributed by atoms with Crippen molar-refractivity contribution in [1.29, 1.82) is 0 Å². The van der Waals surface area contributed by atoms with Crippen LogP contribution in [0.25, 0.3) is 0 Å². The number of nitrogens with one attached hydrogen (secondary N) is 1. The average Bonchev–Trinajstić information content (AvgIpc) is 3.18. The van der Waals surface area contributed by atoms with Gasteiger partial charge in [0.2, 0.25) is 11.8 Å². The number of amides is 1. The molecule has 216 valence electrons. The molecule has 1 aliphatic rings. The van der Waals surface area contributed by atoms with Crippen molar-refractivity contribution in [3.63, 3.8) is 0 Å². The van der Waals surface area contributed by atoms with Crippen LogP contribution in [0.5, 0.6) is 11.8 Å². The molecule has 1 atom stereocenters. The van der Waals surface area contributed by atoms with E-state index in [0.717, 1.165) is 12.1 Å². The van der Waals surface area contributed by atoms with Gasteiger partial charge in [0.05, 0.1) is 35.4 Å². The molecule has 0 aliphatic carbocycles. The lowest BCUT2D eigenvalue weighted by molar-refractivity contribution is -0.138. The third-order valence-electron chi connectivity index (χ3n) is 6.59. The Bertz CT molecular complexity index is 1490. The number of benzene rings is 1. The van der Waals surface area contributed by atoms with Crippen LogP contribution in [0, 0.1) is 12.8 Å². The summed E-state index contributed by atoms with van der Waals surface area (Å²) in [4.78, 5) is 17.5. The fraction of sp³-hybridized carbons (Fsp3) is 0.444. The maximum atomic E-state index is 13.6. The second-order valence-corrected chi connectivity index (χ2v) is 12.8. The number of hydrogen-bond acceptors (Lipinski definition) is 7. The van der Waals surface area contributed by atoms with Gasteiger partial charge in [-0.2, -0.15) is 18.3 Å². The molecule has 1 fully saturated rings. The van der Waals surface area contributed by atoms with E-state index in [1.807, 2.05) is 0 Å². The zero-order valence-corrected chi connectivity index (χ0v) is 23.6. The van der Waals surface area contributed by atoms with E-state index in [2.05, 4.69) is 15.4 Å². The highest BCUT2D eigenvalue weighted by molar-refractivity contribution is 7.91. The van der Waals surface area contributed by atoms with Crippen molar-refractivity contribution in [2.75, 3.05) is 19.0 Å². The van der Waals surface area contributed by atoms with Crippen molar-refractivity contribution in [1.82, 2.24) is 20.1 Å². The number of carbonyl (C=O) groups excluding carboxylic acids is 1. The fourth-order valence-corrected chi connectivity index (χ4v) is 5.11. The van der Waals surface area contributed by atoms with Gasteiger partial charge >= 0.3 is 6.18 Å². The summed E-state index contributed by atoms with van der Waals surface area (Å²) in [7, 11) is -3.39. The van der Waals surface area contributed by atoms with Gasteiger partial charge in [-0.3, -0.25) is 4.79 Å². The Morgan fingerprint density at radius 2 is 1.82 bits per heavy atom. The Kier molecular flexibility index (Phi) is 8.01. The van der Waals surface area contributed by atoms with Gasteiger partial charge in [0.25, 0.3) is 5.91 Å². The summed E-state index contributed by atoms with van der Waals surface area (Å²) in [6.07, 6.45) is -3.51. The molecule has 13 heteroatoms. The molecule has 0 bridgehead atoms. The Labute approximate surface area is 230 Å². The SMILES string of the molecule is CCS(=O)(=O)c1ccc(C(NC(=O)c2nn(C(C)(C)C)c(Oc3ncccc3C(F)(F)F)c2C)C2COC2)cc1. The van der Waals surface area contributed by atoms with Gasteiger partial charge in [0.1, 0.15) is 5.56 Å². The Balaban J connectivity index is 1.69. The monoisotopic (exact) mass is 580 g/mol. The molecule has 2 aromatic heterocycles. The number of halogens is 3. The minimum absolute atomic E-state index is 0.0233. The fourth-order valence-electron chi connectivity index (χ4n) is 4.23. The number of hydrogen-bond donors (Lipinski definition) is 1. The summed E-state index contributed by atoms with van der Waals surface area (Å²) in [6, 6.07) is 7.83. The second kappa shape index (κ2) is 10.8. The molecule has 1 amide bonds. The van der Waals surface area contributed by atoms with Gasteiger partial charge in [0, 0.05) is 17.7 Å². The Hall–Kier alpha value is -3.45. The first-order valence-corrected chi connectivity index (χ1v) is 14.3. The van der Waals surface area contributed by atoms with E-state index in [1.165, 1.54) is 23.0 Å². The van der Waals surface area contributed by atoms with Crippen molar-refractivity contribution in [3.05, 3.63) is 65.0 Å². The first-order chi connectivity index (χ1) is 18.6. The summed E-state index contributed by atoms with van der Waals surface area (Å²) >= 11 is 0. The van der Waals surface area contributed by atoms with Gasteiger partial charge < -0.3 is 14.8 Å². The van der Waals surface area contributed by atoms with Crippen LogP contribution in [-0.2, 0) is 26.3 Å². The molecule has 1 aromatic carbocycles. The summed E-state index contributed by atoms with van der Waals surface area (Å²) in [5.41, 5.74) is -0.915. The molecule has 0 spiro atoms. The van der Waals surface area contributed by atoms with Crippen LogP contribution < -0.4 is 10.1 Å². The third kappa shape index (κ3) is 5.99. The van der Waals surface area contributed by atoms with E-state index in [4.69, 9.17) is 9.47 Å². The van der Waals surface area contributed by atoms with Crippen LogP contribution in [0.15, 0.2) is 47.5 Å². The van der Waals surface area contributed by atoms with Crippen LogP contribution in [0.4, 0.5) is 13.2 Å². The molecule has 3 aromatic rings. The molecule has 1 N–H and O–H groups in total. The molecule has 1 unspecified atom stereocenters. The lowest BCUT2D eigenvalue weighted by atomic mass is 9.91. The van der Waals surface area contributed by atoms with Crippen molar-refractivity contribution in [2.45, 2.75) is 57.3 Å². The van der Waals surface area contributed by atoms with E-state index in [9.17, 15) is 26.4 Å². The lowest BCUT2D eigenvalue weighted by Crippen LogP contribution is -2.42. The highest BCUT2D eigenvalue weighted by atomic mass is 32.2. The maximum Gasteiger partial charge on any atom is 0.421 e. The summed E-state index contributed by atoms with van der Waals surface area (Å²) in [5, 5.41) is 7.40. The normalized spacial score (nSPS) is 15.4. The molecular formula is C27H31F3N4O5S. The number of nitrogens with zero attached hydrogens (tertiary/aromatic N) is 3. The first-order valence-electron chi connectivity index (χ1n) is 12.6. The van der Waals surface area contributed by atoms with Gasteiger partial charge in [-0.15, -0.1) is 0 Å². The highest BCUT2D eigenvalue weighted by Gasteiger charge is 2.37. The minimum Gasteiger partial charge on any atom is -0.420 e. The van der Waals surface area contributed by atoms with E-state index >= 15 is 0 Å². The standard InChI is InChI=1S/C27H31F3N4O5S/c1-6-40(36,37)19-11-9-17(10-12-19)22(18-14-38-15-18)32-23(35)21-16(2)25(34(33-21)26(3,4)5)39-24-20(27(28,29)30)8-7-13-31-24/h7-13,18,22H,6,14-15H2,1-5H3,(H,32,35). The molecule has 0 saturated carbocycles. The van der Waals surface area contributed by atoms with Crippen LogP contribution in [0.3, 0.4) is 0 Å². The van der Waals surface area contributed by atoms with Crippen LogP contribution in [-0.4, -0.2) is 48.1 Å². The van der Waals surface area contributed by atoms with E-state index in [0.29, 0.717) is 18.8 Å². The van der Waals surface area contributed by atoms with Crippen molar-refractivity contribution in [2.24, 2.45) is 5.92 Å². The number of carbonyl (C=O) groups is 1.